The highest BCUT2D eigenvalue weighted by Crippen LogP contribution is 2.42. The molecule has 1 aliphatic heterocycles. The van der Waals surface area contributed by atoms with Gasteiger partial charge in [-0.2, -0.15) is 0 Å². The lowest BCUT2D eigenvalue weighted by Gasteiger charge is -2.20. The first-order chi connectivity index (χ1) is 10.4. The van der Waals surface area contributed by atoms with E-state index in [1.165, 1.54) is 19.1 Å². The van der Waals surface area contributed by atoms with Crippen molar-refractivity contribution in [3.8, 4) is 0 Å². The molecule has 1 saturated carbocycles. The van der Waals surface area contributed by atoms with E-state index in [-0.39, 0.29) is 5.75 Å². The maximum absolute atomic E-state index is 11.4. The number of rotatable bonds is 6. The average Bonchev–Trinajstić information content (AvgIpc) is 3.18. The first kappa shape index (κ1) is 15.7. The van der Waals surface area contributed by atoms with Gasteiger partial charge >= 0.3 is 0 Å². The summed E-state index contributed by atoms with van der Waals surface area (Å²) in [6.45, 7) is 4.39. The number of aromatic nitrogens is 2. The van der Waals surface area contributed by atoms with Gasteiger partial charge < -0.3 is 5.32 Å². The van der Waals surface area contributed by atoms with Gasteiger partial charge in [0.1, 0.15) is 21.5 Å². The van der Waals surface area contributed by atoms with E-state index >= 15 is 0 Å². The summed E-state index contributed by atoms with van der Waals surface area (Å²) in [5.74, 6) is 3.25. The quantitative estimate of drug-likeness (QED) is 0.840. The number of nitrogens with zero attached hydrogens (tertiary/aromatic N) is 3. The van der Waals surface area contributed by atoms with E-state index in [2.05, 4.69) is 20.2 Å². The summed E-state index contributed by atoms with van der Waals surface area (Å²) < 4.78 is 22.7. The van der Waals surface area contributed by atoms with Crippen LogP contribution in [0.15, 0.2) is 12.3 Å². The van der Waals surface area contributed by atoms with Gasteiger partial charge in [0.15, 0.2) is 0 Å². The Kier molecular flexibility index (Phi) is 4.36. The van der Waals surface area contributed by atoms with Crippen LogP contribution in [0.2, 0.25) is 0 Å². The molecule has 0 unspecified atom stereocenters. The second-order valence-corrected chi connectivity index (χ2v) is 8.89. The summed E-state index contributed by atoms with van der Waals surface area (Å²) in [7, 11) is -2.90. The number of sulfone groups is 1. The van der Waals surface area contributed by atoms with E-state index < -0.39 is 9.84 Å². The number of hydrogen-bond donors (Lipinski definition) is 1. The monoisotopic (exact) mass is 324 g/mol. The van der Waals surface area contributed by atoms with Crippen LogP contribution in [0.5, 0.6) is 0 Å². The van der Waals surface area contributed by atoms with E-state index in [9.17, 15) is 8.42 Å². The molecule has 22 heavy (non-hydrogen) atoms. The van der Waals surface area contributed by atoms with Crippen molar-refractivity contribution in [2.45, 2.75) is 25.8 Å². The van der Waals surface area contributed by atoms with Crippen molar-refractivity contribution in [1.29, 1.82) is 0 Å². The molecule has 2 atom stereocenters. The smallest absolute Gasteiger partial charge is 0.148 e. The van der Waals surface area contributed by atoms with Crippen molar-refractivity contribution in [2.75, 3.05) is 37.0 Å². The molecular weight excluding hydrogens is 300 g/mol. The predicted octanol–water partition coefficient (Wildman–Crippen LogP) is 0.952. The molecule has 3 rings (SSSR count). The summed E-state index contributed by atoms with van der Waals surface area (Å²) >= 11 is 0. The summed E-state index contributed by atoms with van der Waals surface area (Å²) in [5, 5.41) is 3.54. The molecule has 1 saturated heterocycles. The lowest BCUT2D eigenvalue weighted by atomic mass is 9.98. The van der Waals surface area contributed by atoms with E-state index in [1.54, 1.807) is 6.20 Å². The molecule has 0 amide bonds. The molecule has 2 heterocycles. The van der Waals surface area contributed by atoms with Crippen molar-refractivity contribution < 1.29 is 8.42 Å². The van der Waals surface area contributed by atoms with Crippen LogP contribution in [0.3, 0.4) is 0 Å². The topological polar surface area (TPSA) is 75.2 Å². The standard InChI is InChI=1S/C15H24N4O2S/c1-11-16-6-5-15(17-11)18-14-10-19(7-8-22(2,20)21)9-13(14)12-3-4-12/h5-6,12-14H,3-4,7-10H2,1-2H3,(H,16,17,18)/t13-,14+/m1/s1. The van der Waals surface area contributed by atoms with Crippen LogP contribution in [0.1, 0.15) is 18.7 Å². The van der Waals surface area contributed by atoms with Crippen LogP contribution >= 0.6 is 0 Å². The normalized spacial score (nSPS) is 26.3. The summed E-state index contributed by atoms with van der Waals surface area (Å²) in [6, 6.07) is 2.25. The number of likely N-dealkylation sites (tertiary alicyclic amines) is 1. The van der Waals surface area contributed by atoms with Gasteiger partial charge in [-0.1, -0.05) is 0 Å². The van der Waals surface area contributed by atoms with Gasteiger partial charge in [-0.3, -0.25) is 4.90 Å². The molecule has 2 aliphatic rings. The highest BCUT2D eigenvalue weighted by atomic mass is 32.2. The Morgan fingerprint density at radius 3 is 2.77 bits per heavy atom. The third kappa shape index (κ3) is 4.16. The molecule has 1 N–H and O–H groups in total. The second kappa shape index (κ2) is 6.12. The maximum Gasteiger partial charge on any atom is 0.148 e. The Morgan fingerprint density at radius 1 is 1.36 bits per heavy atom. The van der Waals surface area contributed by atoms with E-state index in [1.807, 2.05) is 13.0 Å². The van der Waals surface area contributed by atoms with Crippen molar-refractivity contribution in [3.05, 3.63) is 18.1 Å². The largest absolute Gasteiger partial charge is 0.366 e. The fraction of sp³-hybridized carbons (Fsp3) is 0.733. The van der Waals surface area contributed by atoms with Crippen molar-refractivity contribution in [3.63, 3.8) is 0 Å². The van der Waals surface area contributed by atoms with Gasteiger partial charge in [0.2, 0.25) is 0 Å². The number of anilines is 1. The third-order valence-corrected chi connectivity index (χ3v) is 5.48. The zero-order valence-electron chi connectivity index (χ0n) is 13.2. The fourth-order valence-corrected chi connectivity index (χ4v) is 3.86. The third-order valence-electron chi connectivity index (χ3n) is 4.56. The second-order valence-electron chi connectivity index (χ2n) is 6.63. The molecule has 0 radical (unpaired) electrons. The highest BCUT2D eigenvalue weighted by molar-refractivity contribution is 7.90. The summed E-state index contributed by atoms with van der Waals surface area (Å²) in [5.41, 5.74) is 0. The number of hydrogen-bond acceptors (Lipinski definition) is 6. The molecule has 2 fully saturated rings. The van der Waals surface area contributed by atoms with Crippen LogP contribution in [0.4, 0.5) is 5.82 Å². The molecule has 0 spiro atoms. The summed E-state index contributed by atoms with van der Waals surface area (Å²) in [4.78, 5) is 10.8. The minimum atomic E-state index is -2.90. The Balaban J connectivity index is 1.64. The number of nitrogens with one attached hydrogen (secondary N) is 1. The Morgan fingerprint density at radius 2 is 2.14 bits per heavy atom. The van der Waals surface area contributed by atoms with Crippen LogP contribution in [0.25, 0.3) is 0 Å². The lowest BCUT2D eigenvalue weighted by molar-refractivity contribution is 0.334. The van der Waals surface area contributed by atoms with Gasteiger partial charge in [-0.15, -0.1) is 0 Å². The predicted molar refractivity (Wildman–Crippen MR) is 86.5 cm³/mol. The molecule has 6 nitrogen and oxygen atoms in total. The van der Waals surface area contributed by atoms with Crippen LogP contribution < -0.4 is 5.32 Å². The first-order valence-electron chi connectivity index (χ1n) is 7.87. The van der Waals surface area contributed by atoms with Crippen molar-refractivity contribution in [1.82, 2.24) is 14.9 Å². The first-order valence-corrected chi connectivity index (χ1v) is 9.93. The van der Waals surface area contributed by atoms with Gasteiger partial charge in [0.25, 0.3) is 0 Å². The molecular formula is C15H24N4O2S. The van der Waals surface area contributed by atoms with Gasteiger partial charge in [0, 0.05) is 38.1 Å². The minimum absolute atomic E-state index is 0.240. The molecule has 1 aromatic heterocycles. The van der Waals surface area contributed by atoms with Crippen LogP contribution in [-0.2, 0) is 9.84 Å². The Labute approximate surface area is 132 Å². The van der Waals surface area contributed by atoms with Gasteiger partial charge in [-0.25, -0.2) is 18.4 Å². The molecule has 122 valence electrons. The lowest BCUT2D eigenvalue weighted by Crippen LogP contribution is -2.31. The number of aryl methyl sites for hydroxylation is 1. The molecule has 1 aromatic rings. The van der Waals surface area contributed by atoms with Gasteiger partial charge in [0.05, 0.1) is 5.75 Å². The average molecular weight is 324 g/mol. The molecule has 0 bridgehead atoms. The van der Waals surface area contributed by atoms with Crippen LogP contribution in [0, 0.1) is 18.8 Å². The Bertz CT molecular complexity index is 630. The molecule has 7 heteroatoms. The van der Waals surface area contributed by atoms with Gasteiger partial charge in [-0.05, 0) is 37.7 Å². The SMILES string of the molecule is Cc1nccc(N[C@H]2CN(CCS(C)(=O)=O)C[C@@H]2C2CC2)n1. The Hall–Kier alpha value is -1.21. The highest BCUT2D eigenvalue weighted by Gasteiger charge is 2.42. The maximum atomic E-state index is 11.4. The fourth-order valence-electron chi connectivity index (χ4n) is 3.27. The van der Waals surface area contributed by atoms with Crippen LogP contribution in [-0.4, -0.2) is 61.0 Å². The van der Waals surface area contributed by atoms with E-state index in [0.29, 0.717) is 18.5 Å². The van der Waals surface area contributed by atoms with E-state index in [0.717, 1.165) is 30.6 Å². The zero-order chi connectivity index (χ0) is 15.7. The summed E-state index contributed by atoms with van der Waals surface area (Å²) in [6.07, 6.45) is 5.67. The zero-order valence-corrected chi connectivity index (χ0v) is 14.0. The van der Waals surface area contributed by atoms with Crippen molar-refractivity contribution >= 4 is 15.7 Å². The van der Waals surface area contributed by atoms with Crippen molar-refractivity contribution in [2.24, 2.45) is 11.8 Å². The van der Waals surface area contributed by atoms with E-state index in [4.69, 9.17) is 0 Å². The minimum Gasteiger partial charge on any atom is -0.366 e. The molecule has 1 aliphatic carbocycles. The molecule has 0 aromatic carbocycles.